The number of hydrogen-bond acceptors (Lipinski definition) is 4. The highest BCUT2D eigenvalue weighted by Gasteiger charge is 2.27. The molecule has 6 nitrogen and oxygen atoms in total. The second kappa shape index (κ2) is 10.4. The first-order valence-electron chi connectivity index (χ1n) is 8.83. The quantitative estimate of drug-likeness (QED) is 0.665. The van der Waals surface area contributed by atoms with Gasteiger partial charge in [0.05, 0.1) is 13.0 Å². The van der Waals surface area contributed by atoms with Gasteiger partial charge in [0.15, 0.2) is 6.61 Å². The Kier molecular flexibility index (Phi) is 7.88. The maximum Gasteiger partial charge on any atom is 0.405 e. The predicted octanol–water partition coefficient (Wildman–Crippen LogP) is 3.32. The summed E-state index contributed by atoms with van der Waals surface area (Å²) >= 11 is 0. The zero-order chi connectivity index (χ0) is 21.3. The summed E-state index contributed by atoms with van der Waals surface area (Å²) < 4.78 is 46.9. The van der Waals surface area contributed by atoms with Gasteiger partial charge in [0, 0.05) is 5.69 Å². The fourth-order valence-electron chi connectivity index (χ4n) is 2.30. The van der Waals surface area contributed by atoms with Gasteiger partial charge in [0.25, 0.3) is 5.91 Å². The molecule has 2 amide bonds. The molecule has 0 unspecified atom stereocenters. The van der Waals surface area contributed by atoms with Crippen LogP contribution in [0.25, 0.3) is 0 Å². The van der Waals surface area contributed by atoms with E-state index >= 15 is 0 Å². The van der Waals surface area contributed by atoms with Gasteiger partial charge >= 0.3 is 6.18 Å². The Morgan fingerprint density at radius 2 is 1.48 bits per heavy atom. The minimum Gasteiger partial charge on any atom is -0.494 e. The van der Waals surface area contributed by atoms with Crippen LogP contribution in [0.4, 0.5) is 18.9 Å². The number of carbonyl (C=O) groups is 2. The van der Waals surface area contributed by atoms with E-state index in [9.17, 15) is 22.8 Å². The molecule has 156 valence electrons. The largest absolute Gasteiger partial charge is 0.494 e. The molecule has 0 aromatic heterocycles. The van der Waals surface area contributed by atoms with E-state index in [-0.39, 0.29) is 18.9 Å². The van der Waals surface area contributed by atoms with Gasteiger partial charge in [-0.15, -0.1) is 0 Å². The zero-order valence-electron chi connectivity index (χ0n) is 15.7. The molecule has 0 heterocycles. The molecule has 0 aliphatic carbocycles. The second-order valence-electron chi connectivity index (χ2n) is 6.01. The van der Waals surface area contributed by atoms with E-state index in [1.165, 1.54) is 0 Å². The van der Waals surface area contributed by atoms with Crippen LogP contribution in [0.1, 0.15) is 12.5 Å². The van der Waals surface area contributed by atoms with Gasteiger partial charge in [-0.25, -0.2) is 0 Å². The van der Waals surface area contributed by atoms with Gasteiger partial charge in [0.2, 0.25) is 5.91 Å². The average molecular weight is 410 g/mol. The monoisotopic (exact) mass is 410 g/mol. The lowest BCUT2D eigenvalue weighted by Gasteiger charge is -2.10. The van der Waals surface area contributed by atoms with Crippen molar-refractivity contribution >= 4 is 17.5 Å². The number of rotatable bonds is 9. The number of carbonyl (C=O) groups excluding carboxylic acids is 2. The fraction of sp³-hybridized carbons (Fsp3) is 0.300. The molecule has 2 aromatic rings. The van der Waals surface area contributed by atoms with Gasteiger partial charge < -0.3 is 20.1 Å². The lowest BCUT2D eigenvalue weighted by atomic mass is 10.1. The number of anilines is 1. The molecule has 0 saturated heterocycles. The number of benzene rings is 2. The van der Waals surface area contributed by atoms with Crippen LogP contribution in [-0.2, 0) is 16.0 Å². The predicted molar refractivity (Wildman–Crippen MR) is 101 cm³/mol. The van der Waals surface area contributed by atoms with Crippen LogP contribution in [0, 0.1) is 0 Å². The third-order valence-electron chi connectivity index (χ3n) is 3.59. The number of nitrogens with one attached hydrogen (secondary N) is 2. The molecule has 0 atom stereocenters. The number of alkyl halides is 3. The Labute approximate surface area is 166 Å². The van der Waals surface area contributed by atoms with Gasteiger partial charge in [-0.2, -0.15) is 13.2 Å². The summed E-state index contributed by atoms with van der Waals surface area (Å²) in [4.78, 5) is 23.5. The molecule has 0 saturated carbocycles. The minimum atomic E-state index is -4.45. The fourth-order valence-corrected chi connectivity index (χ4v) is 2.30. The third-order valence-corrected chi connectivity index (χ3v) is 3.59. The SMILES string of the molecule is CCOc1ccc(OCC(=O)Nc2ccc(CC(=O)NCC(F)(F)F)cc2)cc1. The molecule has 0 aliphatic rings. The molecule has 0 radical (unpaired) electrons. The smallest absolute Gasteiger partial charge is 0.405 e. The first-order valence-corrected chi connectivity index (χ1v) is 8.83. The highest BCUT2D eigenvalue weighted by molar-refractivity contribution is 5.92. The molecule has 0 bridgehead atoms. The number of ether oxygens (including phenoxy) is 2. The number of halogens is 3. The number of hydrogen-bond donors (Lipinski definition) is 2. The van der Waals surface area contributed by atoms with Crippen molar-refractivity contribution in [1.82, 2.24) is 5.32 Å². The lowest BCUT2D eigenvalue weighted by Crippen LogP contribution is -2.34. The summed E-state index contributed by atoms with van der Waals surface area (Å²) in [6.07, 6.45) is -4.64. The Morgan fingerprint density at radius 1 is 0.897 bits per heavy atom. The summed E-state index contributed by atoms with van der Waals surface area (Å²) in [5, 5.41) is 4.43. The van der Waals surface area contributed by atoms with E-state index in [2.05, 4.69) is 5.32 Å². The van der Waals surface area contributed by atoms with Crippen molar-refractivity contribution in [3.63, 3.8) is 0 Å². The van der Waals surface area contributed by atoms with Gasteiger partial charge in [0.1, 0.15) is 18.0 Å². The summed E-state index contributed by atoms with van der Waals surface area (Å²) in [6, 6.07) is 13.1. The average Bonchev–Trinajstić information content (AvgIpc) is 2.67. The zero-order valence-corrected chi connectivity index (χ0v) is 15.7. The summed E-state index contributed by atoms with van der Waals surface area (Å²) in [5.74, 6) is 0.109. The normalized spacial score (nSPS) is 10.9. The first kappa shape index (κ1) is 22.1. The van der Waals surface area contributed by atoms with Crippen LogP contribution < -0.4 is 20.1 Å². The maximum atomic E-state index is 12.1. The molecular weight excluding hydrogens is 389 g/mol. The van der Waals surface area contributed by atoms with E-state index in [0.29, 0.717) is 29.4 Å². The standard InChI is InChI=1S/C20H21F3N2O4/c1-2-28-16-7-9-17(10-8-16)29-12-19(27)25-15-5-3-14(4-6-15)11-18(26)24-13-20(21,22)23/h3-10H,2,11-13H2,1H3,(H,24,26)(H,25,27). The van der Waals surface area contributed by atoms with Crippen molar-refractivity contribution in [3.05, 3.63) is 54.1 Å². The topological polar surface area (TPSA) is 76.7 Å². The molecule has 2 rings (SSSR count). The van der Waals surface area contributed by atoms with Crippen molar-refractivity contribution in [1.29, 1.82) is 0 Å². The van der Waals surface area contributed by atoms with Crippen molar-refractivity contribution in [2.45, 2.75) is 19.5 Å². The number of amides is 2. The highest BCUT2D eigenvalue weighted by Crippen LogP contribution is 2.18. The molecule has 29 heavy (non-hydrogen) atoms. The van der Waals surface area contributed by atoms with Crippen LogP contribution in [0.15, 0.2) is 48.5 Å². The molecule has 0 spiro atoms. The van der Waals surface area contributed by atoms with Crippen LogP contribution in [0.3, 0.4) is 0 Å². The Balaban J connectivity index is 1.76. The third kappa shape index (κ3) is 8.54. The molecular formula is C20H21F3N2O4. The van der Waals surface area contributed by atoms with Crippen molar-refractivity contribution in [3.8, 4) is 11.5 Å². The summed E-state index contributed by atoms with van der Waals surface area (Å²) in [5.41, 5.74) is 0.998. The van der Waals surface area contributed by atoms with E-state index in [1.807, 2.05) is 6.92 Å². The van der Waals surface area contributed by atoms with Crippen LogP contribution in [-0.4, -0.2) is 37.7 Å². The summed E-state index contributed by atoms with van der Waals surface area (Å²) in [7, 11) is 0. The van der Waals surface area contributed by atoms with E-state index in [4.69, 9.17) is 9.47 Å². The van der Waals surface area contributed by atoms with E-state index in [1.54, 1.807) is 53.8 Å². The minimum absolute atomic E-state index is 0.189. The molecule has 9 heteroatoms. The van der Waals surface area contributed by atoms with Crippen LogP contribution in [0.2, 0.25) is 0 Å². The van der Waals surface area contributed by atoms with E-state index in [0.717, 1.165) is 0 Å². The molecule has 0 aliphatic heterocycles. The van der Waals surface area contributed by atoms with Crippen molar-refractivity contribution in [2.75, 3.05) is 25.1 Å². The van der Waals surface area contributed by atoms with Gasteiger partial charge in [-0.3, -0.25) is 9.59 Å². The van der Waals surface area contributed by atoms with Gasteiger partial charge in [-0.05, 0) is 48.9 Å². The molecule has 2 aromatic carbocycles. The Morgan fingerprint density at radius 3 is 2.03 bits per heavy atom. The van der Waals surface area contributed by atoms with Crippen LogP contribution >= 0.6 is 0 Å². The maximum absolute atomic E-state index is 12.1. The molecule has 0 fully saturated rings. The molecule has 2 N–H and O–H groups in total. The first-order chi connectivity index (χ1) is 13.7. The summed E-state index contributed by atoms with van der Waals surface area (Å²) in [6.45, 7) is 0.869. The Bertz CT molecular complexity index is 806. The highest BCUT2D eigenvalue weighted by atomic mass is 19.4. The van der Waals surface area contributed by atoms with E-state index < -0.39 is 18.6 Å². The second-order valence-corrected chi connectivity index (χ2v) is 6.01. The lowest BCUT2D eigenvalue weighted by molar-refractivity contribution is -0.138. The van der Waals surface area contributed by atoms with Crippen molar-refractivity contribution in [2.24, 2.45) is 0 Å². The van der Waals surface area contributed by atoms with Crippen LogP contribution in [0.5, 0.6) is 11.5 Å². The van der Waals surface area contributed by atoms with Crippen molar-refractivity contribution < 1.29 is 32.2 Å². The van der Waals surface area contributed by atoms with Gasteiger partial charge in [-0.1, -0.05) is 12.1 Å². The Hall–Kier alpha value is -3.23.